The van der Waals surface area contributed by atoms with Gasteiger partial charge in [0.05, 0.1) is 30.5 Å². The highest BCUT2D eigenvalue weighted by atomic mass is 19.1. The monoisotopic (exact) mass is 332 g/mol. The molecule has 0 atom stereocenters. The van der Waals surface area contributed by atoms with Crippen LogP contribution in [0.3, 0.4) is 0 Å². The molecule has 25 heavy (non-hydrogen) atoms. The molecule has 0 saturated heterocycles. The molecule has 0 N–H and O–H groups in total. The number of aromatic nitrogens is 4. The summed E-state index contributed by atoms with van der Waals surface area (Å²) in [6.45, 7) is 0.656. The average Bonchev–Trinajstić information content (AvgIpc) is 3.26. The number of halogens is 1. The molecule has 2 aromatic carbocycles. The number of benzene rings is 2. The van der Waals surface area contributed by atoms with E-state index < -0.39 is 0 Å². The lowest BCUT2D eigenvalue weighted by molar-refractivity contribution is 0.631. The summed E-state index contributed by atoms with van der Waals surface area (Å²) in [7, 11) is 1.96. The van der Waals surface area contributed by atoms with Gasteiger partial charge in [0, 0.05) is 24.4 Å². The summed E-state index contributed by atoms with van der Waals surface area (Å²) in [5.74, 6) is -0.221. The van der Waals surface area contributed by atoms with Crippen LogP contribution in [-0.4, -0.2) is 19.3 Å². The number of nitrogens with zero attached hydrogens (tertiary/aromatic N) is 4. The molecular formula is C20H17FN4. The van der Waals surface area contributed by atoms with Gasteiger partial charge in [-0.2, -0.15) is 5.10 Å². The van der Waals surface area contributed by atoms with E-state index in [-0.39, 0.29) is 5.82 Å². The molecule has 4 aromatic rings. The third-order valence-electron chi connectivity index (χ3n) is 4.22. The molecule has 4 rings (SSSR count). The first-order chi connectivity index (χ1) is 12.2. The Morgan fingerprint density at radius 1 is 1.00 bits per heavy atom. The lowest BCUT2D eigenvalue weighted by Gasteiger charge is -2.05. The highest BCUT2D eigenvalue weighted by molar-refractivity contribution is 5.71. The average molecular weight is 332 g/mol. The molecule has 0 spiro atoms. The van der Waals surface area contributed by atoms with Crippen molar-refractivity contribution in [3.8, 4) is 22.4 Å². The Hall–Kier alpha value is -3.21. The van der Waals surface area contributed by atoms with Crippen LogP contribution < -0.4 is 0 Å². The number of hydrogen-bond acceptors (Lipinski definition) is 2. The van der Waals surface area contributed by atoms with E-state index in [2.05, 4.69) is 10.1 Å². The molecule has 0 amide bonds. The van der Waals surface area contributed by atoms with Gasteiger partial charge in [0.15, 0.2) is 0 Å². The first-order valence-electron chi connectivity index (χ1n) is 8.05. The SMILES string of the molecule is Cn1cncc1Cn1ccc(-c2cccc(-c3ccccc3F)c2)n1. The van der Waals surface area contributed by atoms with E-state index in [9.17, 15) is 4.39 Å². The van der Waals surface area contributed by atoms with E-state index in [1.165, 1.54) is 6.07 Å². The van der Waals surface area contributed by atoms with Crippen molar-refractivity contribution in [2.75, 3.05) is 0 Å². The van der Waals surface area contributed by atoms with E-state index in [1.807, 2.05) is 65.1 Å². The van der Waals surface area contributed by atoms with Crippen LogP contribution in [-0.2, 0) is 13.6 Å². The normalized spacial score (nSPS) is 11.0. The highest BCUT2D eigenvalue weighted by Gasteiger charge is 2.08. The van der Waals surface area contributed by atoms with Crippen molar-refractivity contribution in [3.05, 3.63) is 84.8 Å². The molecule has 0 aliphatic carbocycles. The van der Waals surface area contributed by atoms with Gasteiger partial charge in [-0.1, -0.05) is 36.4 Å². The maximum Gasteiger partial charge on any atom is 0.131 e. The summed E-state index contributed by atoms with van der Waals surface area (Å²) >= 11 is 0. The largest absolute Gasteiger partial charge is 0.336 e. The van der Waals surface area contributed by atoms with Crippen LogP contribution in [0.1, 0.15) is 5.69 Å². The lowest BCUT2D eigenvalue weighted by atomic mass is 10.0. The molecule has 0 radical (unpaired) electrons. The van der Waals surface area contributed by atoms with Crippen molar-refractivity contribution in [3.63, 3.8) is 0 Å². The number of aryl methyl sites for hydroxylation is 1. The molecule has 5 heteroatoms. The van der Waals surface area contributed by atoms with Crippen LogP contribution in [0.4, 0.5) is 4.39 Å². The minimum atomic E-state index is -0.221. The first kappa shape index (κ1) is 15.3. The molecule has 4 nitrogen and oxygen atoms in total. The second-order valence-electron chi connectivity index (χ2n) is 5.96. The van der Waals surface area contributed by atoms with Crippen molar-refractivity contribution in [1.29, 1.82) is 0 Å². The second kappa shape index (κ2) is 6.36. The van der Waals surface area contributed by atoms with Crippen LogP contribution in [0.15, 0.2) is 73.3 Å². The molecule has 124 valence electrons. The zero-order valence-electron chi connectivity index (χ0n) is 13.8. The molecule has 0 fully saturated rings. The molecule has 0 saturated carbocycles. The van der Waals surface area contributed by atoms with Crippen LogP contribution >= 0.6 is 0 Å². The summed E-state index contributed by atoms with van der Waals surface area (Å²) in [6.07, 6.45) is 5.55. The zero-order valence-corrected chi connectivity index (χ0v) is 13.8. The van der Waals surface area contributed by atoms with Gasteiger partial charge in [-0.05, 0) is 23.8 Å². The third kappa shape index (κ3) is 3.08. The predicted molar refractivity (Wildman–Crippen MR) is 95.4 cm³/mol. The fraction of sp³-hybridized carbons (Fsp3) is 0.100. The molecule has 0 aliphatic rings. The minimum Gasteiger partial charge on any atom is -0.336 e. The fourth-order valence-corrected chi connectivity index (χ4v) is 2.85. The van der Waals surface area contributed by atoms with Gasteiger partial charge in [0.2, 0.25) is 0 Å². The maximum atomic E-state index is 14.0. The minimum absolute atomic E-state index is 0.221. The standard InChI is InChI=1S/C20H17FN4/c1-24-14-22-12-17(24)13-25-10-9-20(23-25)16-6-4-5-15(11-16)18-7-2-3-8-19(18)21/h2-12,14H,13H2,1H3. The summed E-state index contributed by atoms with van der Waals surface area (Å²) in [4.78, 5) is 4.12. The van der Waals surface area contributed by atoms with E-state index in [0.29, 0.717) is 12.1 Å². The smallest absolute Gasteiger partial charge is 0.131 e. The van der Waals surface area contributed by atoms with Crippen molar-refractivity contribution in [2.45, 2.75) is 6.54 Å². The van der Waals surface area contributed by atoms with E-state index in [0.717, 1.165) is 22.5 Å². The highest BCUT2D eigenvalue weighted by Crippen LogP contribution is 2.27. The zero-order chi connectivity index (χ0) is 17.2. The Bertz CT molecular complexity index is 1020. The van der Waals surface area contributed by atoms with Crippen molar-refractivity contribution >= 4 is 0 Å². The topological polar surface area (TPSA) is 35.6 Å². The van der Waals surface area contributed by atoms with Gasteiger partial charge < -0.3 is 4.57 Å². The summed E-state index contributed by atoms with van der Waals surface area (Å²) in [5, 5.41) is 4.64. The Morgan fingerprint density at radius 3 is 2.64 bits per heavy atom. The lowest BCUT2D eigenvalue weighted by Crippen LogP contribution is -2.04. The number of rotatable bonds is 4. The predicted octanol–water partition coefficient (Wildman–Crippen LogP) is 4.14. The molecule has 0 bridgehead atoms. The van der Waals surface area contributed by atoms with E-state index in [4.69, 9.17) is 0 Å². The fourth-order valence-electron chi connectivity index (χ4n) is 2.85. The first-order valence-corrected chi connectivity index (χ1v) is 8.05. The Morgan fingerprint density at radius 2 is 1.84 bits per heavy atom. The second-order valence-corrected chi connectivity index (χ2v) is 5.96. The van der Waals surface area contributed by atoms with E-state index in [1.54, 1.807) is 18.5 Å². The van der Waals surface area contributed by atoms with Crippen LogP contribution in [0.25, 0.3) is 22.4 Å². The van der Waals surface area contributed by atoms with Crippen molar-refractivity contribution < 1.29 is 4.39 Å². The molecule has 0 aliphatic heterocycles. The van der Waals surface area contributed by atoms with Crippen LogP contribution in [0.5, 0.6) is 0 Å². The van der Waals surface area contributed by atoms with Gasteiger partial charge in [0.1, 0.15) is 5.82 Å². The van der Waals surface area contributed by atoms with Gasteiger partial charge in [-0.15, -0.1) is 0 Å². The van der Waals surface area contributed by atoms with Crippen molar-refractivity contribution in [1.82, 2.24) is 19.3 Å². The quantitative estimate of drug-likeness (QED) is 0.563. The van der Waals surface area contributed by atoms with Gasteiger partial charge >= 0.3 is 0 Å². The Kier molecular flexibility index (Phi) is 3.90. The van der Waals surface area contributed by atoms with E-state index >= 15 is 0 Å². The summed E-state index contributed by atoms with van der Waals surface area (Å²) in [6, 6.07) is 16.6. The molecule has 2 heterocycles. The number of imidazole rings is 1. The molecular weight excluding hydrogens is 315 g/mol. The van der Waals surface area contributed by atoms with Crippen LogP contribution in [0, 0.1) is 5.82 Å². The maximum absolute atomic E-state index is 14.0. The molecule has 0 unspecified atom stereocenters. The Labute approximate surface area is 145 Å². The summed E-state index contributed by atoms with van der Waals surface area (Å²) in [5.41, 5.74) is 4.34. The Balaban J connectivity index is 1.64. The number of hydrogen-bond donors (Lipinski definition) is 0. The van der Waals surface area contributed by atoms with Gasteiger partial charge in [0.25, 0.3) is 0 Å². The van der Waals surface area contributed by atoms with Crippen molar-refractivity contribution in [2.24, 2.45) is 7.05 Å². The third-order valence-corrected chi connectivity index (χ3v) is 4.22. The molecule has 2 aromatic heterocycles. The van der Waals surface area contributed by atoms with Gasteiger partial charge in [-0.25, -0.2) is 9.37 Å². The summed E-state index contributed by atoms with van der Waals surface area (Å²) < 4.78 is 17.9. The van der Waals surface area contributed by atoms with Gasteiger partial charge in [-0.3, -0.25) is 4.68 Å². The van der Waals surface area contributed by atoms with Crippen LogP contribution in [0.2, 0.25) is 0 Å².